The molecule has 0 aromatic rings. The maximum absolute atomic E-state index is 12.0. The van der Waals surface area contributed by atoms with Gasteiger partial charge < -0.3 is 20.9 Å². The lowest BCUT2D eigenvalue weighted by Gasteiger charge is -2.34. The Kier molecular flexibility index (Phi) is 7.63. The van der Waals surface area contributed by atoms with Crippen LogP contribution < -0.4 is 11.1 Å². The zero-order valence-electron chi connectivity index (χ0n) is 14.3. The molecule has 124 valence electrons. The average Bonchev–Trinajstić information content (AvgIpc) is 2.84. The number of amides is 1. The number of nitrogens with two attached hydrogens (primary N) is 1. The average molecular weight is 298 g/mol. The van der Waals surface area contributed by atoms with Gasteiger partial charge in [-0.05, 0) is 65.8 Å². The van der Waals surface area contributed by atoms with E-state index in [1.54, 1.807) is 0 Å². The van der Waals surface area contributed by atoms with Crippen molar-refractivity contribution in [3.05, 3.63) is 0 Å². The summed E-state index contributed by atoms with van der Waals surface area (Å²) >= 11 is 0. The minimum absolute atomic E-state index is 0.158. The molecule has 2 unspecified atom stereocenters. The molecule has 21 heavy (non-hydrogen) atoms. The molecule has 1 fully saturated rings. The van der Waals surface area contributed by atoms with E-state index in [2.05, 4.69) is 43.2 Å². The molecule has 1 amide bonds. The first-order valence-corrected chi connectivity index (χ1v) is 8.30. The summed E-state index contributed by atoms with van der Waals surface area (Å²) in [4.78, 5) is 16.6. The zero-order valence-corrected chi connectivity index (χ0v) is 14.3. The van der Waals surface area contributed by atoms with Crippen molar-refractivity contribution in [1.29, 1.82) is 0 Å². The summed E-state index contributed by atoms with van der Waals surface area (Å²) in [7, 11) is 6.35. The quantitative estimate of drug-likeness (QED) is 0.629. The normalized spacial score (nSPS) is 25.9. The van der Waals surface area contributed by atoms with Crippen molar-refractivity contribution in [2.24, 2.45) is 11.7 Å². The Morgan fingerprint density at radius 1 is 1.29 bits per heavy atom. The number of carbonyl (C=O) groups excluding carboxylic acids is 1. The lowest BCUT2D eigenvalue weighted by molar-refractivity contribution is -0.126. The largest absolute Gasteiger partial charge is 0.368 e. The van der Waals surface area contributed by atoms with Crippen LogP contribution in [0.2, 0.25) is 0 Å². The van der Waals surface area contributed by atoms with Crippen LogP contribution in [0.15, 0.2) is 0 Å². The Bertz CT molecular complexity index is 321. The van der Waals surface area contributed by atoms with Gasteiger partial charge in [0.25, 0.3) is 0 Å². The number of primary amides is 1. The Hall–Kier alpha value is -0.650. The molecule has 0 saturated heterocycles. The molecule has 0 bridgehead atoms. The molecule has 3 N–H and O–H groups in total. The third-order valence-corrected chi connectivity index (χ3v) is 4.74. The van der Waals surface area contributed by atoms with Crippen molar-refractivity contribution in [2.45, 2.75) is 44.6 Å². The maximum atomic E-state index is 12.0. The van der Waals surface area contributed by atoms with Gasteiger partial charge in [0.2, 0.25) is 5.91 Å². The smallest absolute Gasteiger partial charge is 0.238 e. The zero-order chi connectivity index (χ0) is 15.9. The van der Waals surface area contributed by atoms with Crippen LogP contribution in [0.5, 0.6) is 0 Å². The third kappa shape index (κ3) is 5.24. The number of carbonyl (C=O) groups is 1. The van der Waals surface area contributed by atoms with E-state index in [-0.39, 0.29) is 5.91 Å². The van der Waals surface area contributed by atoms with Crippen molar-refractivity contribution in [3.8, 4) is 0 Å². The monoisotopic (exact) mass is 298 g/mol. The SMILES string of the molecule is CCCNC1(C(N)=O)CCCC1CCN(C)CCN(C)C. The van der Waals surface area contributed by atoms with E-state index in [1.165, 1.54) is 0 Å². The number of likely N-dealkylation sites (N-methyl/N-ethyl adjacent to an activating group) is 2. The standard InChI is InChI=1S/C16H34N4O/c1-5-10-18-16(15(17)21)9-6-7-14(16)8-11-20(4)13-12-19(2)3/h14,18H,5-13H2,1-4H3,(H2,17,21). The van der Waals surface area contributed by atoms with Gasteiger partial charge in [-0.15, -0.1) is 0 Å². The number of nitrogens with one attached hydrogen (secondary N) is 1. The molecule has 0 spiro atoms. The molecule has 1 rings (SSSR count). The molecule has 1 aliphatic carbocycles. The lowest BCUT2D eigenvalue weighted by atomic mass is 9.83. The molecule has 5 nitrogen and oxygen atoms in total. The van der Waals surface area contributed by atoms with E-state index in [0.29, 0.717) is 5.92 Å². The van der Waals surface area contributed by atoms with Crippen LogP contribution in [0.25, 0.3) is 0 Å². The van der Waals surface area contributed by atoms with Crippen LogP contribution in [0, 0.1) is 5.92 Å². The van der Waals surface area contributed by atoms with Gasteiger partial charge in [-0.3, -0.25) is 4.79 Å². The highest BCUT2D eigenvalue weighted by molar-refractivity contribution is 5.85. The first-order chi connectivity index (χ1) is 9.92. The molecule has 0 aromatic carbocycles. The van der Waals surface area contributed by atoms with Gasteiger partial charge in [0.1, 0.15) is 5.54 Å². The van der Waals surface area contributed by atoms with Crippen LogP contribution >= 0.6 is 0 Å². The van der Waals surface area contributed by atoms with Crippen molar-refractivity contribution in [2.75, 3.05) is 47.3 Å². The Morgan fingerprint density at radius 3 is 2.57 bits per heavy atom. The number of hydrogen-bond acceptors (Lipinski definition) is 4. The molecule has 2 atom stereocenters. The van der Waals surface area contributed by atoms with E-state index in [1.807, 2.05) is 0 Å². The Balaban J connectivity index is 2.53. The van der Waals surface area contributed by atoms with Crippen molar-refractivity contribution in [1.82, 2.24) is 15.1 Å². The fourth-order valence-electron chi connectivity index (χ4n) is 3.32. The van der Waals surface area contributed by atoms with Crippen LogP contribution in [0.4, 0.5) is 0 Å². The van der Waals surface area contributed by atoms with Crippen LogP contribution in [0.1, 0.15) is 39.0 Å². The Morgan fingerprint density at radius 2 is 2.00 bits per heavy atom. The highest BCUT2D eigenvalue weighted by atomic mass is 16.1. The molecule has 1 saturated carbocycles. The van der Waals surface area contributed by atoms with Gasteiger partial charge in [0.05, 0.1) is 0 Å². The molecule has 0 aromatic heterocycles. The van der Waals surface area contributed by atoms with Crippen molar-refractivity contribution >= 4 is 5.91 Å². The second-order valence-electron chi connectivity index (χ2n) is 6.75. The van der Waals surface area contributed by atoms with Gasteiger partial charge in [-0.2, -0.15) is 0 Å². The first kappa shape index (κ1) is 18.4. The van der Waals surface area contributed by atoms with E-state index in [9.17, 15) is 4.79 Å². The summed E-state index contributed by atoms with van der Waals surface area (Å²) in [6.07, 6.45) is 5.19. The van der Waals surface area contributed by atoms with E-state index in [4.69, 9.17) is 5.73 Å². The Labute approximate surface area is 130 Å². The molecule has 0 aliphatic heterocycles. The van der Waals surface area contributed by atoms with Crippen molar-refractivity contribution < 1.29 is 4.79 Å². The molecule has 0 radical (unpaired) electrons. The molecule has 0 heterocycles. The van der Waals surface area contributed by atoms with Gasteiger partial charge >= 0.3 is 0 Å². The topological polar surface area (TPSA) is 61.6 Å². The van der Waals surface area contributed by atoms with Gasteiger partial charge in [0, 0.05) is 13.1 Å². The second kappa shape index (κ2) is 8.71. The lowest BCUT2D eigenvalue weighted by Crippen LogP contribution is -2.58. The summed E-state index contributed by atoms with van der Waals surface area (Å²) in [5.74, 6) is 0.220. The predicted molar refractivity (Wildman–Crippen MR) is 88.2 cm³/mol. The van der Waals surface area contributed by atoms with Crippen LogP contribution in [-0.4, -0.2) is 68.6 Å². The van der Waals surface area contributed by atoms with Gasteiger partial charge in [-0.1, -0.05) is 13.3 Å². The highest BCUT2D eigenvalue weighted by Crippen LogP contribution is 2.38. The minimum Gasteiger partial charge on any atom is -0.368 e. The summed E-state index contributed by atoms with van der Waals surface area (Å²) in [5.41, 5.74) is 5.29. The second-order valence-corrected chi connectivity index (χ2v) is 6.75. The number of rotatable bonds is 10. The molecule has 5 heteroatoms. The summed E-state index contributed by atoms with van der Waals surface area (Å²) in [5, 5.41) is 3.47. The van der Waals surface area contributed by atoms with Gasteiger partial charge in [0.15, 0.2) is 0 Å². The minimum atomic E-state index is -0.460. The van der Waals surface area contributed by atoms with Gasteiger partial charge in [-0.25, -0.2) is 0 Å². The summed E-state index contributed by atoms with van der Waals surface area (Å²) in [6.45, 7) is 6.15. The first-order valence-electron chi connectivity index (χ1n) is 8.30. The van der Waals surface area contributed by atoms with Crippen molar-refractivity contribution in [3.63, 3.8) is 0 Å². The number of hydrogen-bond donors (Lipinski definition) is 2. The highest BCUT2D eigenvalue weighted by Gasteiger charge is 2.46. The molecular formula is C16H34N4O. The maximum Gasteiger partial charge on any atom is 0.238 e. The van der Waals surface area contributed by atoms with E-state index in [0.717, 1.165) is 58.3 Å². The van der Waals surface area contributed by atoms with Crippen LogP contribution in [-0.2, 0) is 4.79 Å². The van der Waals surface area contributed by atoms with E-state index >= 15 is 0 Å². The fraction of sp³-hybridized carbons (Fsp3) is 0.938. The summed E-state index contributed by atoms with van der Waals surface area (Å²) < 4.78 is 0. The summed E-state index contributed by atoms with van der Waals surface area (Å²) in [6, 6.07) is 0. The van der Waals surface area contributed by atoms with E-state index < -0.39 is 5.54 Å². The fourth-order valence-corrected chi connectivity index (χ4v) is 3.32. The number of nitrogens with zero attached hydrogens (tertiary/aromatic N) is 2. The molecule has 1 aliphatic rings. The predicted octanol–water partition coefficient (Wildman–Crippen LogP) is 0.894. The third-order valence-electron chi connectivity index (χ3n) is 4.74. The van der Waals surface area contributed by atoms with Crippen LogP contribution in [0.3, 0.4) is 0 Å². The molecular weight excluding hydrogens is 264 g/mol.